The van der Waals surface area contributed by atoms with Gasteiger partial charge in [0.25, 0.3) is 0 Å². The molecular formula is C25H28ClN7O4. The fraction of sp³-hybridized carbons (Fsp3) is 0.400. The maximum Gasteiger partial charge on any atom is 0.246 e. The standard InChI is InChI=1S/C25H28ClN7O4/c1-5-21(34)32-12-16(13-32)37-7-6-20-29-24-18(17-9-15(35-3)10-19(36-4)22(17)26)8-14-11-28-25(27-2)30-23(14)33(24)31-20/h5,8,10,16H,1,6-7,9,11-13H2,2-4H3,(H,27,28). The van der Waals surface area contributed by atoms with Crippen molar-refractivity contribution in [1.82, 2.24) is 24.8 Å². The van der Waals surface area contributed by atoms with Gasteiger partial charge in [0, 0.05) is 56.4 Å². The molecule has 0 atom stereocenters. The van der Waals surface area contributed by atoms with Crippen molar-refractivity contribution in [2.24, 2.45) is 9.98 Å². The molecule has 37 heavy (non-hydrogen) atoms. The van der Waals surface area contributed by atoms with Gasteiger partial charge in [0.2, 0.25) is 11.9 Å². The number of halogens is 1. The van der Waals surface area contributed by atoms with Crippen LogP contribution in [0.2, 0.25) is 0 Å². The Bertz CT molecular complexity index is 1480. The summed E-state index contributed by atoms with van der Waals surface area (Å²) in [7, 11) is 4.88. The molecule has 3 aliphatic rings. The topological polar surface area (TPSA) is 115 Å². The highest BCUT2D eigenvalue weighted by Crippen LogP contribution is 2.33. The second kappa shape index (κ2) is 10.3. The first-order valence-electron chi connectivity index (χ1n) is 11.9. The van der Waals surface area contributed by atoms with E-state index in [-0.39, 0.29) is 12.0 Å². The monoisotopic (exact) mass is 525 g/mol. The maximum absolute atomic E-state index is 11.6. The van der Waals surface area contributed by atoms with E-state index in [9.17, 15) is 4.79 Å². The van der Waals surface area contributed by atoms with Gasteiger partial charge < -0.3 is 24.4 Å². The molecule has 1 saturated heterocycles. The van der Waals surface area contributed by atoms with Crippen LogP contribution in [0.3, 0.4) is 0 Å². The minimum absolute atomic E-state index is 0.00195. The predicted molar refractivity (Wildman–Crippen MR) is 137 cm³/mol. The van der Waals surface area contributed by atoms with Gasteiger partial charge in [0.1, 0.15) is 11.5 Å². The lowest BCUT2D eigenvalue weighted by molar-refractivity contribution is -0.139. The van der Waals surface area contributed by atoms with E-state index in [4.69, 9.17) is 35.9 Å². The molecule has 194 valence electrons. The molecule has 1 fully saturated rings. The molecule has 5 rings (SSSR count). The average Bonchev–Trinajstić information content (AvgIpc) is 3.33. The van der Waals surface area contributed by atoms with E-state index in [0.29, 0.717) is 72.8 Å². The fourth-order valence-corrected chi connectivity index (χ4v) is 4.76. The van der Waals surface area contributed by atoms with Gasteiger partial charge in [0.15, 0.2) is 17.0 Å². The summed E-state index contributed by atoms with van der Waals surface area (Å²) in [6.45, 7) is 5.60. The zero-order valence-electron chi connectivity index (χ0n) is 21.0. The summed E-state index contributed by atoms with van der Waals surface area (Å²) >= 11 is 6.77. The summed E-state index contributed by atoms with van der Waals surface area (Å²) in [5.74, 6) is 2.32. The van der Waals surface area contributed by atoms with E-state index in [2.05, 4.69) is 21.9 Å². The van der Waals surface area contributed by atoms with Gasteiger partial charge >= 0.3 is 0 Å². The summed E-state index contributed by atoms with van der Waals surface area (Å²) in [5, 5.41) is 9.30. The molecule has 11 nitrogen and oxygen atoms in total. The Balaban J connectivity index is 1.53. The number of guanidine groups is 1. The quantitative estimate of drug-likeness (QED) is 0.526. The Morgan fingerprint density at radius 1 is 1.35 bits per heavy atom. The van der Waals surface area contributed by atoms with Crippen molar-refractivity contribution >= 4 is 34.7 Å². The first-order valence-corrected chi connectivity index (χ1v) is 12.2. The molecule has 2 aliphatic heterocycles. The van der Waals surface area contributed by atoms with Crippen molar-refractivity contribution in [1.29, 1.82) is 0 Å². The molecule has 1 N–H and O–H groups in total. The van der Waals surface area contributed by atoms with Crippen molar-refractivity contribution in [3.63, 3.8) is 0 Å². The van der Waals surface area contributed by atoms with Gasteiger partial charge in [0.05, 0.1) is 32.0 Å². The molecule has 12 heteroatoms. The maximum atomic E-state index is 11.6. The average molecular weight is 526 g/mol. The SMILES string of the molecule is C=CC(=O)N1CC(OCCc2nc3c(=C4CC(OC)=CC(OC)=C4Cl)cc4c(n3n2)=NC(=NC)NC4)C1. The predicted octanol–water partition coefficient (Wildman–Crippen LogP) is 0.575. The van der Waals surface area contributed by atoms with Crippen LogP contribution in [0, 0.1) is 0 Å². The van der Waals surface area contributed by atoms with Crippen LogP contribution >= 0.6 is 11.6 Å². The third kappa shape index (κ3) is 4.72. The van der Waals surface area contributed by atoms with Crippen molar-refractivity contribution in [3.8, 4) is 0 Å². The minimum atomic E-state index is -0.0802. The van der Waals surface area contributed by atoms with Crippen LogP contribution in [-0.2, 0) is 32.0 Å². The molecule has 0 saturated carbocycles. The number of carbonyl (C=O) groups is 1. The Morgan fingerprint density at radius 3 is 2.86 bits per heavy atom. The van der Waals surface area contributed by atoms with Crippen LogP contribution in [-0.4, -0.2) is 78.4 Å². The number of ether oxygens (including phenoxy) is 3. The van der Waals surface area contributed by atoms with E-state index in [1.54, 1.807) is 36.8 Å². The largest absolute Gasteiger partial charge is 0.501 e. The third-order valence-corrected chi connectivity index (χ3v) is 6.92. The van der Waals surface area contributed by atoms with Gasteiger partial charge in [-0.25, -0.2) is 4.98 Å². The van der Waals surface area contributed by atoms with Crippen molar-refractivity contribution in [3.05, 3.63) is 63.4 Å². The second-order valence-corrected chi connectivity index (χ2v) is 9.10. The number of aliphatic imine (C=N–C) groups is 1. The molecule has 2 aromatic rings. The number of likely N-dealkylation sites (tertiary alicyclic amines) is 1. The van der Waals surface area contributed by atoms with Crippen molar-refractivity contribution < 1.29 is 19.0 Å². The molecule has 0 unspecified atom stereocenters. The Hall–Kier alpha value is -3.70. The molecule has 1 amide bonds. The lowest BCUT2D eigenvalue weighted by Crippen LogP contribution is -2.54. The number of nitrogens with one attached hydrogen (secondary N) is 1. The summed E-state index contributed by atoms with van der Waals surface area (Å²) < 4.78 is 18.7. The highest BCUT2D eigenvalue weighted by molar-refractivity contribution is 6.36. The van der Waals surface area contributed by atoms with Crippen LogP contribution in [0.5, 0.6) is 0 Å². The Morgan fingerprint density at radius 2 is 2.16 bits per heavy atom. The smallest absolute Gasteiger partial charge is 0.246 e. The van der Waals surface area contributed by atoms with E-state index in [1.807, 2.05) is 6.07 Å². The highest BCUT2D eigenvalue weighted by Gasteiger charge is 2.30. The van der Waals surface area contributed by atoms with Crippen molar-refractivity contribution in [2.75, 3.05) is 41.0 Å². The first-order chi connectivity index (χ1) is 17.9. The Labute approximate surface area is 218 Å². The number of rotatable bonds is 7. The van der Waals surface area contributed by atoms with Gasteiger partial charge in [-0.1, -0.05) is 18.2 Å². The van der Waals surface area contributed by atoms with Crippen LogP contribution in [0.25, 0.3) is 11.2 Å². The number of aromatic nitrogens is 3. The van der Waals surface area contributed by atoms with E-state index in [0.717, 1.165) is 22.1 Å². The first kappa shape index (κ1) is 25.0. The van der Waals surface area contributed by atoms with Gasteiger partial charge in [-0.3, -0.25) is 9.79 Å². The van der Waals surface area contributed by atoms with E-state index < -0.39 is 0 Å². The van der Waals surface area contributed by atoms with Gasteiger partial charge in [-0.15, -0.1) is 5.10 Å². The number of nitrogens with zero attached hydrogens (tertiary/aromatic N) is 6. The molecule has 0 radical (unpaired) electrons. The molecule has 2 aromatic heterocycles. The third-order valence-electron chi connectivity index (χ3n) is 6.50. The van der Waals surface area contributed by atoms with Crippen LogP contribution < -0.4 is 16.0 Å². The number of hydrogen-bond donors (Lipinski definition) is 1. The number of carbonyl (C=O) groups excluding carboxylic acids is 1. The molecule has 4 heterocycles. The number of pyridine rings is 1. The number of allylic oxidation sites excluding steroid dienone is 3. The molecular weight excluding hydrogens is 498 g/mol. The number of hydrogen-bond acceptors (Lipinski definition) is 7. The van der Waals surface area contributed by atoms with Crippen LogP contribution in [0.4, 0.5) is 0 Å². The van der Waals surface area contributed by atoms with Crippen LogP contribution in [0.1, 0.15) is 17.8 Å². The van der Waals surface area contributed by atoms with Crippen LogP contribution in [0.15, 0.2) is 51.3 Å². The summed E-state index contributed by atoms with van der Waals surface area (Å²) in [5.41, 5.74) is 3.06. The van der Waals surface area contributed by atoms with E-state index >= 15 is 0 Å². The summed E-state index contributed by atoms with van der Waals surface area (Å²) in [6, 6.07) is 2.03. The zero-order chi connectivity index (χ0) is 26.1. The van der Waals surface area contributed by atoms with Gasteiger partial charge in [-0.2, -0.15) is 9.51 Å². The summed E-state index contributed by atoms with van der Waals surface area (Å²) in [4.78, 5) is 27.0. The minimum Gasteiger partial charge on any atom is -0.501 e. The molecule has 0 aromatic carbocycles. The Kier molecular flexibility index (Phi) is 6.98. The molecule has 1 aliphatic carbocycles. The van der Waals surface area contributed by atoms with Crippen molar-refractivity contribution in [2.45, 2.75) is 25.5 Å². The normalized spacial score (nSPS) is 20.2. The summed E-state index contributed by atoms with van der Waals surface area (Å²) in [6.07, 6.45) is 4.09. The number of methoxy groups -OCH3 is 2. The molecule has 0 spiro atoms. The molecule has 0 bridgehead atoms. The van der Waals surface area contributed by atoms with Gasteiger partial charge in [-0.05, 0) is 17.7 Å². The zero-order valence-corrected chi connectivity index (χ0v) is 21.7. The lowest BCUT2D eigenvalue weighted by Gasteiger charge is -2.38. The lowest BCUT2D eigenvalue weighted by atomic mass is 10.0. The highest BCUT2D eigenvalue weighted by atomic mass is 35.5. The second-order valence-electron chi connectivity index (χ2n) is 8.73. The number of fused-ring (bicyclic) bond motifs is 3. The van der Waals surface area contributed by atoms with E-state index in [1.165, 1.54) is 6.08 Å². The fourth-order valence-electron chi connectivity index (χ4n) is 4.46. The number of amides is 1.